The molecule has 20 heavy (non-hydrogen) atoms. The quantitative estimate of drug-likeness (QED) is 0.617. The van der Waals surface area contributed by atoms with E-state index in [4.69, 9.17) is 9.84 Å². The van der Waals surface area contributed by atoms with Gasteiger partial charge >= 0.3 is 5.97 Å². The topological polar surface area (TPSA) is 83.8 Å². The van der Waals surface area contributed by atoms with Crippen LogP contribution in [0.3, 0.4) is 0 Å². The molecule has 112 valence electrons. The fourth-order valence-corrected chi connectivity index (χ4v) is 1.58. The number of carboxylic acid groups (broad SMARTS) is 1. The Hall–Kier alpha value is -1.86. The highest BCUT2D eigenvalue weighted by Gasteiger charge is 2.11. The number of likely N-dealkylation sites (N-methyl/N-ethyl adjacent to an activating group) is 1. The summed E-state index contributed by atoms with van der Waals surface area (Å²) < 4.78 is 6.74. The molecule has 7 nitrogen and oxygen atoms in total. The van der Waals surface area contributed by atoms with E-state index in [1.165, 1.54) is 4.57 Å². The molecule has 0 atom stereocenters. The number of nitrogens with one attached hydrogen (secondary N) is 1. The molecule has 0 fully saturated rings. The number of aliphatic carboxylic acids is 1. The highest BCUT2D eigenvalue weighted by Crippen LogP contribution is 2.02. The van der Waals surface area contributed by atoms with Gasteiger partial charge in [-0.15, -0.1) is 0 Å². The van der Waals surface area contributed by atoms with Gasteiger partial charge in [0, 0.05) is 19.3 Å². The fraction of sp³-hybridized carbons (Fsp3) is 0.538. The number of ether oxygens (including phenoxy) is 1. The van der Waals surface area contributed by atoms with Crippen molar-refractivity contribution in [2.24, 2.45) is 0 Å². The summed E-state index contributed by atoms with van der Waals surface area (Å²) in [5, 5.41) is 11.4. The molecule has 0 aliphatic heterocycles. The average molecular weight is 283 g/mol. The van der Waals surface area contributed by atoms with Gasteiger partial charge in [0.25, 0.3) is 5.91 Å². The summed E-state index contributed by atoms with van der Waals surface area (Å²) >= 11 is 0. The molecule has 0 saturated heterocycles. The Morgan fingerprint density at radius 1 is 1.40 bits per heavy atom. The smallest absolute Gasteiger partial charge is 0.323 e. The van der Waals surface area contributed by atoms with Gasteiger partial charge in [-0.05, 0) is 26.2 Å². The van der Waals surface area contributed by atoms with Gasteiger partial charge in [-0.25, -0.2) is 0 Å². The number of carbonyl (C=O) groups is 2. The molecule has 1 amide bonds. The van der Waals surface area contributed by atoms with Gasteiger partial charge in [0.05, 0.1) is 13.2 Å². The van der Waals surface area contributed by atoms with Crippen molar-refractivity contribution in [3.05, 3.63) is 24.0 Å². The van der Waals surface area contributed by atoms with Crippen LogP contribution in [0.25, 0.3) is 0 Å². The zero-order valence-corrected chi connectivity index (χ0v) is 11.8. The molecular formula is C13H21N3O4. The zero-order valence-electron chi connectivity index (χ0n) is 11.8. The van der Waals surface area contributed by atoms with E-state index in [-0.39, 0.29) is 12.5 Å². The summed E-state index contributed by atoms with van der Waals surface area (Å²) in [6.45, 7) is 2.03. The number of amides is 1. The largest absolute Gasteiger partial charge is 0.480 e. The van der Waals surface area contributed by atoms with Crippen LogP contribution < -0.4 is 5.32 Å². The maximum Gasteiger partial charge on any atom is 0.323 e. The Bertz CT molecular complexity index is 443. The van der Waals surface area contributed by atoms with Crippen molar-refractivity contribution in [2.45, 2.75) is 6.54 Å². The van der Waals surface area contributed by atoms with Crippen molar-refractivity contribution in [2.75, 3.05) is 40.4 Å². The average Bonchev–Trinajstić information content (AvgIpc) is 2.80. The Labute approximate surface area is 118 Å². The first kappa shape index (κ1) is 16.2. The lowest BCUT2D eigenvalue weighted by Crippen LogP contribution is -2.30. The predicted octanol–water partition coefficient (Wildman–Crippen LogP) is -0.119. The minimum Gasteiger partial charge on any atom is -0.480 e. The molecule has 2 N–H and O–H groups in total. The SMILES string of the molecule is CN(C)CCOCCNC(=O)c1cccn1CC(=O)O. The van der Waals surface area contributed by atoms with E-state index in [1.807, 2.05) is 19.0 Å². The third-order valence-electron chi connectivity index (χ3n) is 2.58. The van der Waals surface area contributed by atoms with Crippen molar-refractivity contribution in [3.8, 4) is 0 Å². The van der Waals surface area contributed by atoms with Crippen LogP contribution in [0.1, 0.15) is 10.5 Å². The predicted molar refractivity (Wildman–Crippen MR) is 73.8 cm³/mol. The Balaban J connectivity index is 2.29. The molecule has 1 rings (SSSR count). The van der Waals surface area contributed by atoms with Gasteiger partial charge < -0.3 is 24.6 Å². The summed E-state index contributed by atoms with van der Waals surface area (Å²) in [5.41, 5.74) is 0.334. The lowest BCUT2D eigenvalue weighted by Gasteiger charge is -2.11. The van der Waals surface area contributed by atoms with Crippen LogP contribution in [-0.2, 0) is 16.1 Å². The van der Waals surface area contributed by atoms with Crippen LogP contribution in [0.2, 0.25) is 0 Å². The number of carboxylic acids is 1. The van der Waals surface area contributed by atoms with Crippen LogP contribution in [0.15, 0.2) is 18.3 Å². The van der Waals surface area contributed by atoms with Crippen LogP contribution in [-0.4, -0.2) is 66.8 Å². The number of carbonyl (C=O) groups excluding carboxylic acids is 1. The molecule has 7 heteroatoms. The lowest BCUT2D eigenvalue weighted by molar-refractivity contribution is -0.137. The monoisotopic (exact) mass is 283 g/mol. The second kappa shape index (κ2) is 8.34. The van der Waals surface area contributed by atoms with Crippen molar-refractivity contribution >= 4 is 11.9 Å². The van der Waals surface area contributed by atoms with E-state index in [0.29, 0.717) is 25.5 Å². The van der Waals surface area contributed by atoms with Crippen molar-refractivity contribution in [1.29, 1.82) is 0 Å². The molecule has 1 aromatic rings. The molecular weight excluding hydrogens is 262 g/mol. The van der Waals surface area contributed by atoms with Gasteiger partial charge in [-0.2, -0.15) is 0 Å². The Morgan fingerprint density at radius 2 is 2.15 bits per heavy atom. The van der Waals surface area contributed by atoms with Crippen LogP contribution in [0, 0.1) is 0 Å². The molecule has 1 heterocycles. The zero-order chi connectivity index (χ0) is 15.0. The number of aromatic nitrogens is 1. The van der Waals surface area contributed by atoms with E-state index in [0.717, 1.165) is 6.54 Å². The summed E-state index contributed by atoms with van der Waals surface area (Å²) in [7, 11) is 3.92. The van der Waals surface area contributed by atoms with Gasteiger partial charge in [0.2, 0.25) is 0 Å². The first-order valence-electron chi connectivity index (χ1n) is 6.38. The molecule has 0 aliphatic carbocycles. The standard InChI is InChI=1S/C13H21N3O4/c1-15(2)7-9-20-8-5-14-13(19)11-4-3-6-16(11)10-12(17)18/h3-4,6H,5,7-10H2,1-2H3,(H,14,19)(H,17,18). The maximum atomic E-state index is 11.9. The minimum atomic E-state index is -0.984. The molecule has 0 spiro atoms. The molecule has 1 aromatic heterocycles. The summed E-state index contributed by atoms with van der Waals surface area (Å²) in [6.07, 6.45) is 1.57. The molecule has 0 bridgehead atoms. The highest BCUT2D eigenvalue weighted by atomic mass is 16.5. The molecule has 0 radical (unpaired) electrons. The van der Waals surface area contributed by atoms with E-state index in [1.54, 1.807) is 18.3 Å². The van der Waals surface area contributed by atoms with Crippen molar-refractivity contribution < 1.29 is 19.4 Å². The van der Waals surface area contributed by atoms with Gasteiger partial charge in [0.1, 0.15) is 12.2 Å². The third kappa shape index (κ3) is 5.85. The van der Waals surface area contributed by atoms with Gasteiger partial charge in [-0.3, -0.25) is 9.59 Å². The number of hydrogen-bond acceptors (Lipinski definition) is 4. The van der Waals surface area contributed by atoms with Crippen molar-refractivity contribution in [1.82, 2.24) is 14.8 Å². The van der Waals surface area contributed by atoms with Crippen LogP contribution in [0.4, 0.5) is 0 Å². The maximum absolute atomic E-state index is 11.9. The third-order valence-corrected chi connectivity index (χ3v) is 2.58. The van der Waals surface area contributed by atoms with E-state index < -0.39 is 5.97 Å². The molecule has 0 saturated carbocycles. The summed E-state index contributed by atoms with van der Waals surface area (Å²) in [6, 6.07) is 3.23. The number of rotatable bonds is 9. The van der Waals surface area contributed by atoms with Crippen molar-refractivity contribution in [3.63, 3.8) is 0 Å². The number of hydrogen-bond donors (Lipinski definition) is 2. The summed E-state index contributed by atoms with van der Waals surface area (Å²) in [5.74, 6) is -1.28. The molecule has 0 aliphatic rings. The molecule has 0 unspecified atom stereocenters. The van der Waals surface area contributed by atoms with Crippen LogP contribution in [0.5, 0.6) is 0 Å². The number of nitrogens with zero attached hydrogens (tertiary/aromatic N) is 2. The van der Waals surface area contributed by atoms with E-state index >= 15 is 0 Å². The Kier molecular flexibility index (Phi) is 6.75. The lowest BCUT2D eigenvalue weighted by atomic mass is 10.4. The fourth-order valence-electron chi connectivity index (χ4n) is 1.58. The second-order valence-electron chi connectivity index (χ2n) is 4.59. The van der Waals surface area contributed by atoms with Gasteiger partial charge in [-0.1, -0.05) is 0 Å². The van der Waals surface area contributed by atoms with Crippen LogP contribution >= 0.6 is 0 Å². The van der Waals surface area contributed by atoms with E-state index in [9.17, 15) is 9.59 Å². The Morgan fingerprint density at radius 3 is 2.80 bits per heavy atom. The molecule has 0 aromatic carbocycles. The van der Waals surface area contributed by atoms with Gasteiger partial charge in [0.15, 0.2) is 0 Å². The first-order chi connectivity index (χ1) is 9.50. The minimum absolute atomic E-state index is 0.227. The second-order valence-corrected chi connectivity index (χ2v) is 4.59. The normalized spacial score (nSPS) is 10.8. The highest BCUT2D eigenvalue weighted by molar-refractivity contribution is 5.93. The first-order valence-corrected chi connectivity index (χ1v) is 6.38. The van der Waals surface area contributed by atoms with E-state index in [2.05, 4.69) is 5.32 Å². The summed E-state index contributed by atoms with van der Waals surface area (Å²) in [4.78, 5) is 24.5.